The van der Waals surface area contributed by atoms with Gasteiger partial charge in [-0.05, 0) is 25.2 Å². The van der Waals surface area contributed by atoms with Crippen LogP contribution in [-0.4, -0.2) is 30.2 Å². The number of nitrogens with one attached hydrogen (secondary N) is 1. The van der Waals surface area contributed by atoms with Gasteiger partial charge in [0, 0.05) is 26.3 Å². The van der Waals surface area contributed by atoms with Gasteiger partial charge >= 0.3 is 0 Å². The Morgan fingerprint density at radius 1 is 1.40 bits per heavy atom. The molecule has 1 saturated heterocycles. The first-order valence-corrected chi connectivity index (χ1v) is 7.35. The van der Waals surface area contributed by atoms with Crippen LogP contribution < -0.4 is 16.2 Å². The van der Waals surface area contributed by atoms with Crippen LogP contribution in [0.1, 0.15) is 38.4 Å². The van der Waals surface area contributed by atoms with Crippen molar-refractivity contribution in [2.45, 2.75) is 39.2 Å². The Kier molecular flexibility index (Phi) is 5.55. The van der Waals surface area contributed by atoms with E-state index in [-0.39, 0.29) is 0 Å². The predicted octanol–water partition coefficient (Wildman–Crippen LogP) is 1.93. The van der Waals surface area contributed by atoms with Crippen LogP contribution in [0, 0.1) is 5.92 Å². The summed E-state index contributed by atoms with van der Waals surface area (Å²) >= 11 is 0. The maximum atomic E-state index is 5.49. The first-order chi connectivity index (χ1) is 9.76. The molecular formula is C14H25N5O. The summed E-state index contributed by atoms with van der Waals surface area (Å²) in [6.45, 7) is 4.77. The van der Waals surface area contributed by atoms with E-state index in [2.05, 4.69) is 27.2 Å². The van der Waals surface area contributed by atoms with E-state index in [0.717, 1.165) is 24.8 Å². The van der Waals surface area contributed by atoms with E-state index in [9.17, 15) is 0 Å². The highest BCUT2D eigenvalue weighted by molar-refractivity contribution is 5.49. The van der Waals surface area contributed by atoms with Gasteiger partial charge in [0.05, 0.1) is 0 Å². The number of anilines is 2. The van der Waals surface area contributed by atoms with E-state index < -0.39 is 0 Å². The Morgan fingerprint density at radius 2 is 2.25 bits per heavy atom. The Hall–Kier alpha value is -1.40. The van der Waals surface area contributed by atoms with Gasteiger partial charge < -0.3 is 15.1 Å². The monoisotopic (exact) mass is 279 g/mol. The van der Waals surface area contributed by atoms with Crippen molar-refractivity contribution >= 4 is 11.6 Å². The average Bonchev–Trinajstić information content (AvgIpc) is 2.72. The summed E-state index contributed by atoms with van der Waals surface area (Å²) in [6, 6.07) is 1.91. The fraction of sp³-hybridized carbons (Fsp3) is 0.714. The number of hydrogen-bond donors (Lipinski definition) is 2. The number of aromatic nitrogens is 2. The quantitative estimate of drug-likeness (QED) is 0.633. The minimum atomic E-state index is 0.397. The molecule has 1 aromatic rings. The number of methoxy groups -OCH3 is 1. The van der Waals surface area contributed by atoms with Gasteiger partial charge in [-0.3, -0.25) is 0 Å². The van der Waals surface area contributed by atoms with Crippen LogP contribution >= 0.6 is 0 Å². The van der Waals surface area contributed by atoms with Gasteiger partial charge in [-0.25, -0.2) is 15.8 Å². The highest BCUT2D eigenvalue weighted by Gasteiger charge is 2.18. The van der Waals surface area contributed by atoms with Gasteiger partial charge in [0.1, 0.15) is 18.2 Å². The number of hydrogen-bond acceptors (Lipinski definition) is 6. The molecule has 1 aliphatic rings. The minimum Gasteiger partial charge on any atom is -0.377 e. The Labute approximate surface area is 120 Å². The second-order valence-electron chi connectivity index (χ2n) is 5.30. The number of rotatable bonds is 5. The zero-order chi connectivity index (χ0) is 14.4. The SMILES string of the molecule is CCC1CCCN(c2cc(NN)nc(COC)n2)CC1. The van der Waals surface area contributed by atoms with Gasteiger partial charge in [-0.2, -0.15) is 0 Å². The summed E-state index contributed by atoms with van der Waals surface area (Å²) in [5, 5.41) is 0. The van der Waals surface area contributed by atoms with Crippen molar-refractivity contribution in [1.29, 1.82) is 0 Å². The molecule has 2 rings (SSSR count). The lowest BCUT2D eigenvalue weighted by Crippen LogP contribution is -2.26. The number of nitrogens with zero attached hydrogens (tertiary/aromatic N) is 3. The van der Waals surface area contributed by atoms with Crippen LogP contribution in [0.3, 0.4) is 0 Å². The minimum absolute atomic E-state index is 0.397. The van der Waals surface area contributed by atoms with E-state index in [1.54, 1.807) is 7.11 Å². The van der Waals surface area contributed by atoms with Crippen molar-refractivity contribution in [1.82, 2.24) is 9.97 Å². The standard InChI is InChI=1S/C14H25N5O/c1-3-11-5-4-7-19(8-6-11)14-9-12(18-15)16-13(17-14)10-20-2/h9,11H,3-8,10,15H2,1-2H3,(H,16,17,18). The highest BCUT2D eigenvalue weighted by Crippen LogP contribution is 2.24. The molecular weight excluding hydrogens is 254 g/mol. The van der Waals surface area contributed by atoms with E-state index >= 15 is 0 Å². The molecule has 1 atom stereocenters. The second-order valence-corrected chi connectivity index (χ2v) is 5.30. The van der Waals surface area contributed by atoms with Crippen molar-refractivity contribution in [2.75, 3.05) is 30.5 Å². The predicted molar refractivity (Wildman–Crippen MR) is 80.4 cm³/mol. The third kappa shape index (κ3) is 3.80. The molecule has 0 spiro atoms. The summed E-state index contributed by atoms with van der Waals surface area (Å²) < 4.78 is 5.12. The van der Waals surface area contributed by atoms with E-state index in [0.29, 0.717) is 18.2 Å². The molecule has 6 heteroatoms. The fourth-order valence-corrected chi connectivity index (χ4v) is 2.72. The van der Waals surface area contributed by atoms with Crippen molar-refractivity contribution in [3.8, 4) is 0 Å². The zero-order valence-corrected chi connectivity index (χ0v) is 12.4. The molecule has 0 aromatic carbocycles. The lowest BCUT2D eigenvalue weighted by atomic mass is 9.98. The van der Waals surface area contributed by atoms with E-state index in [4.69, 9.17) is 10.6 Å². The third-order valence-electron chi connectivity index (χ3n) is 3.93. The number of nitrogen functional groups attached to an aromatic ring is 1. The molecule has 0 amide bonds. The smallest absolute Gasteiger partial charge is 0.158 e. The largest absolute Gasteiger partial charge is 0.377 e. The fourth-order valence-electron chi connectivity index (χ4n) is 2.72. The topological polar surface area (TPSA) is 76.3 Å². The van der Waals surface area contributed by atoms with Crippen LogP contribution in [0.4, 0.5) is 11.6 Å². The Morgan fingerprint density at radius 3 is 2.95 bits per heavy atom. The summed E-state index contributed by atoms with van der Waals surface area (Å²) in [5.74, 6) is 8.57. The van der Waals surface area contributed by atoms with Gasteiger partial charge in [0.25, 0.3) is 0 Å². The molecule has 2 heterocycles. The third-order valence-corrected chi connectivity index (χ3v) is 3.93. The van der Waals surface area contributed by atoms with Gasteiger partial charge in [0.15, 0.2) is 5.82 Å². The lowest BCUT2D eigenvalue weighted by Gasteiger charge is -2.22. The molecule has 1 unspecified atom stereocenters. The van der Waals surface area contributed by atoms with Crippen molar-refractivity contribution in [2.24, 2.45) is 11.8 Å². The Balaban J connectivity index is 2.15. The normalized spacial score (nSPS) is 19.8. The van der Waals surface area contributed by atoms with Gasteiger partial charge in [-0.1, -0.05) is 13.3 Å². The van der Waals surface area contributed by atoms with Crippen molar-refractivity contribution < 1.29 is 4.74 Å². The molecule has 112 valence electrons. The number of hydrazine groups is 1. The molecule has 1 aromatic heterocycles. The Bertz CT molecular complexity index is 426. The summed E-state index contributed by atoms with van der Waals surface area (Å²) in [7, 11) is 1.64. The zero-order valence-electron chi connectivity index (χ0n) is 12.4. The molecule has 0 bridgehead atoms. The van der Waals surface area contributed by atoms with Crippen molar-refractivity contribution in [3.63, 3.8) is 0 Å². The first kappa shape index (κ1) is 15.0. The molecule has 6 nitrogen and oxygen atoms in total. The molecule has 1 fully saturated rings. The number of ether oxygens (including phenoxy) is 1. The van der Waals surface area contributed by atoms with Crippen LogP contribution in [0.25, 0.3) is 0 Å². The summed E-state index contributed by atoms with van der Waals surface area (Å²) in [5.41, 5.74) is 2.61. The van der Waals surface area contributed by atoms with E-state index in [1.807, 2.05) is 6.07 Å². The summed E-state index contributed by atoms with van der Waals surface area (Å²) in [6.07, 6.45) is 5.02. The molecule has 20 heavy (non-hydrogen) atoms. The maximum absolute atomic E-state index is 5.49. The van der Waals surface area contributed by atoms with Crippen molar-refractivity contribution in [3.05, 3.63) is 11.9 Å². The van der Waals surface area contributed by atoms with Gasteiger partial charge in [0.2, 0.25) is 0 Å². The van der Waals surface area contributed by atoms with Crippen LogP contribution in [0.2, 0.25) is 0 Å². The molecule has 1 aliphatic heterocycles. The highest BCUT2D eigenvalue weighted by atomic mass is 16.5. The molecule has 3 N–H and O–H groups in total. The van der Waals surface area contributed by atoms with Crippen LogP contribution in [0.5, 0.6) is 0 Å². The second kappa shape index (κ2) is 7.40. The lowest BCUT2D eigenvalue weighted by molar-refractivity contribution is 0.178. The van der Waals surface area contributed by atoms with E-state index in [1.165, 1.54) is 25.7 Å². The van der Waals surface area contributed by atoms with Crippen LogP contribution in [-0.2, 0) is 11.3 Å². The summed E-state index contributed by atoms with van der Waals surface area (Å²) in [4.78, 5) is 11.2. The average molecular weight is 279 g/mol. The molecule has 0 radical (unpaired) electrons. The van der Waals surface area contributed by atoms with Crippen LogP contribution in [0.15, 0.2) is 6.07 Å². The molecule has 0 aliphatic carbocycles. The van der Waals surface area contributed by atoms with Gasteiger partial charge in [-0.15, -0.1) is 0 Å². The molecule has 0 saturated carbocycles. The maximum Gasteiger partial charge on any atom is 0.158 e. The number of nitrogens with two attached hydrogens (primary N) is 1. The first-order valence-electron chi connectivity index (χ1n) is 7.35.